The van der Waals surface area contributed by atoms with Gasteiger partial charge in [-0.1, -0.05) is 42.5 Å². The van der Waals surface area contributed by atoms with E-state index in [-0.39, 0.29) is 0 Å². The number of benzene rings is 3. The number of ether oxygens (including phenoxy) is 3. The van der Waals surface area contributed by atoms with E-state index in [1.54, 1.807) is 38.5 Å². The van der Waals surface area contributed by atoms with Crippen molar-refractivity contribution < 1.29 is 24.1 Å². The van der Waals surface area contributed by atoms with E-state index < -0.39 is 23.6 Å². The minimum absolute atomic E-state index is 0.431. The molecule has 0 spiro atoms. The van der Waals surface area contributed by atoms with Gasteiger partial charge in [-0.25, -0.2) is 4.79 Å². The number of aliphatic hydroxyl groups excluding tert-OH is 1. The second-order valence-corrected chi connectivity index (χ2v) is 8.10. The summed E-state index contributed by atoms with van der Waals surface area (Å²) in [6.07, 6.45) is 0.915. The Morgan fingerprint density at radius 3 is 2.03 bits per heavy atom. The first-order chi connectivity index (χ1) is 15.6. The Balaban J connectivity index is 1.78. The zero-order valence-electron chi connectivity index (χ0n) is 18.4. The minimum atomic E-state index is -0.738. The average molecular weight is 433 g/mol. The Morgan fingerprint density at radius 2 is 1.50 bits per heavy atom. The molecule has 3 atom stereocenters. The summed E-state index contributed by atoms with van der Waals surface area (Å²) in [7, 11) is 3.19. The highest BCUT2D eigenvalue weighted by molar-refractivity contribution is 5.89. The van der Waals surface area contributed by atoms with Crippen LogP contribution in [0.4, 0.5) is 0 Å². The molecule has 1 aliphatic carbocycles. The Kier molecular flexibility index (Phi) is 6.47. The van der Waals surface area contributed by atoms with E-state index >= 15 is 0 Å². The van der Waals surface area contributed by atoms with Crippen molar-refractivity contribution in [1.29, 1.82) is 0 Å². The van der Waals surface area contributed by atoms with Crippen molar-refractivity contribution in [1.82, 2.24) is 0 Å². The van der Waals surface area contributed by atoms with Gasteiger partial charge < -0.3 is 19.3 Å². The standard InChI is InChI=1S/C27H28O5/c1-30-22-14-10-19(11-15-22)25(32-26(29)20-12-16-23(31-2)17-13-20)27(18-6-9-24(27)28)21-7-4-3-5-8-21/h3-5,7-8,10-17,24-25,28H,6,9,18H2,1-2H3/t24-,25-,27+/m0/s1. The number of hydrogen-bond acceptors (Lipinski definition) is 5. The van der Waals surface area contributed by atoms with E-state index in [1.807, 2.05) is 54.6 Å². The van der Waals surface area contributed by atoms with Crippen molar-refractivity contribution in [2.75, 3.05) is 14.2 Å². The van der Waals surface area contributed by atoms with Crippen LogP contribution in [0, 0.1) is 0 Å². The van der Waals surface area contributed by atoms with Gasteiger partial charge in [-0.3, -0.25) is 0 Å². The van der Waals surface area contributed by atoms with Gasteiger partial charge in [-0.2, -0.15) is 0 Å². The molecule has 4 rings (SSSR count). The second kappa shape index (κ2) is 9.45. The first-order valence-electron chi connectivity index (χ1n) is 10.8. The molecule has 5 heteroatoms. The topological polar surface area (TPSA) is 65.0 Å². The van der Waals surface area contributed by atoms with Crippen LogP contribution in [0.3, 0.4) is 0 Å². The molecule has 32 heavy (non-hydrogen) atoms. The van der Waals surface area contributed by atoms with Crippen LogP contribution < -0.4 is 9.47 Å². The summed E-state index contributed by atoms with van der Waals surface area (Å²) in [5.41, 5.74) is 1.48. The molecule has 0 aliphatic heterocycles. The minimum Gasteiger partial charge on any atom is -0.497 e. The van der Waals surface area contributed by atoms with Gasteiger partial charge in [0, 0.05) is 0 Å². The van der Waals surface area contributed by atoms with Crippen molar-refractivity contribution in [2.45, 2.75) is 36.9 Å². The lowest BCUT2D eigenvalue weighted by atomic mass is 9.70. The molecule has 3 aromatic rings. The van der Waals surface area contributed by atoms with Gasteiger partial charge >= 0.3 is 5.97 Å². The molecule has 0 radical (unpaired) electrons. The molecule has 5 nitrogen and oxygen atoms in total. The van der Waals surface area contributed by atoms with Crippen molar-refractivity contribution in [2.24, 2.45) is 0 Å². The summed E-state index contributed by atoms with van der Waals surface area (Å²) in [6, 6.07) is 24.2. The maximum absolute atomic E-state index is 13.2. The van der Waals surface area contributed by atoms with Crippen molar-refractivity contribution in [3.8, 4) is 11.5 Å². The zero-order valence-corrected chi connectivity index (χ0v) is 18.4. The number of hydrogen-bond donors (Lipinski definition) is 1. The molecule has 1 N–H and O–H groups in total. The van der Waals surface area contributed by atoms with Crippen molar-refractivity contribution >= 4 is 5.97 Å². The fourth-order valence-electron chi connectivity index (χ4n) is 4.71. The molecule has 0 aromatic heterocycles. The third kappa shape index (κ3) is 4.08. The van der Waals surface area contributed by atoms with Gasteiger partial charge in [0.25, 0.3) is 0 Å². The molecule has 0 bridgehead atoms. The molecule has 1 aliphatic rings. The van der Waals surface area contributed by atoms with Gasteiger partial charge in [0.2, 0.25) is 0 Å². The lowest BCUT2D eigenvalue weighted by molar-refractivity contribution is -0.0282. The molecular formula is C27H28O5. The van der Waals surface area contributed by atoms with Crippen LogP contribution in [0.5, 0.6) is 11.5 Å². The highest BCUT2D eigenvalue weighted by atomic mass is 16.5. The van der Waals surface area contributed by atoms with Gasteiger partial charge in [-0.05, 0) is 66.8 Å². The molecule has 3 aromatic carbocycles. The van der Waals surface area contributed by atoms with E-state index in [9.17, 15) is 9.90 Å². The number of esters is 1. The summed E-state index contributed by atoms with van der Waals surface area (Å²) in [5.74, 6) is 0.942. The van der Waals surface area contributed by atoms with E-state index in [0.717, 1.165) is 23.3 Å². The lowest BCUT2D eigenvalue weighted by Gasteiger charge is -2.40. The van der Waals surface area contributed by atoms with Crippen LogP contribution in [-0.4, -0.2) is 31.4 Å². The number of rotatable bonds is 7. The molecular weight excluding hydrogens is 404 g/mol. The fourth-order valence-corrected chi connectivity index (χ4v) is 4.71. The van der Waals surface area contributed by atoms with Crippen LogP contribution in [0.2, 0.25) is 0 Å². The fraction of sp³-hybridized carbons (Fsp3) is 0.296. The Labute approximate surface area is 188 Å². The largest absolute Gasteiger partial charge is 0.497 e. The van der Waals surface area contributed by atoms with Gasteiger partial charge in [-0.15, -0.1) is 0 Å². The van der Waals surface area contributed by atoms with Gasteiger partial charge in [0.15, 0.2) is 0 Å². The summed E-state index contributed by atoms with van der Waals surface area (Å²) < 4.78 is 16.7. The summed E-state index contributed by atoms with van der Waals surface area (Å²) in [6.45, 7) is 0. The monoisotopic (exact) mass is 432 g/mol. The van der Waals surface area contributed by atoms with Gasteiger partial charge in [0.1, 0.15) is 17.6 Å². The Morgan fingerprint density at radius 1 is 0.906 bits per heavy atom. The van der Waals surface area contributed by atoms with Crippen LogP contribution >= 0.6 is 0 Å². The summed E-state index contributed by atoms with van der Waals surface area (Å²) >= 11 is 0. The Bertz CT molecular complexity index is 1030. The quantitative estimate of drug-likeness (QED) is 0.527. The third-order valence-electron chi connectivity index (χ3n) is 6.41. The molecule has 0 amide bonds. The summed E-state index contributed by atoms with van der Waals surface area (Å²) in [5, 5.41) is 11.2. The predicted molar refractivity (Wildman–Crippen MR) is 122 cm³/mol. The lowest BCUT2D eigenvalue weighted by Crippen LogP contribution is -2.43. The third-order valence-corrected chi connectivity index (χ3v) is 6.41. The first-order valence-corrected chi connectivity index (χ1v) is 10.8. The maximum atomic E-state index is 13.2. The SMILES string of the molecule is COc1ccc(C(=O)O[C@@H](c2ccc(OC)cc2)[C@@]2(c3ccccc3)CCC[C@@H]2O)cc1. The number of methoxy groups -OCH3 is 2. The predicted octanol–water partition coefficient (Wildman–Crippen LogP) is 5.08. The smallest absolute Gasteiger partial charge is 0.338 e. The molecule has 0 unspecified atom stereocenters. The summed E-state index contributed by atoms with van der Waals surface area (Å²) in [4.78, 5) is 13.2. The highest BCUT2D eigenvalue weighted by Gasteiger charge is 2.52. The molecule has 0 saturated heterocycles. The van der Waals surface area contributed by atoms with E-state index in [1.165, 1.54) is 0 Å². The van der Waals surface area contributed by atoms with Crippen LogP contribution in [0.25, 0.3) is 0 Å². The molecule has 1 saturated carbocycles. The molecule has 0 heterocycles. The number of carbonyl (C=O) groups is 1. The highest BCUT2D eigenvalue weighted by Crippen LogP contribution is 2.51. The maximum Gasteiger partial charge on any atom is 0.338 e. The first kappa shape index (κ1) is 21.9. The normalized spacial score (nSPS) is 21.0. The van der Waals surface area contributed by atoms with E-state index in [0.29, 0.717) is 24.2 Å². The van der Waals surface area contributed by atoms with Crippen molar-refractivity contribution in [3.05, 3.63) is 95.6 Å². The molecule has 1 fully saturated rings. The van der Waals surface area contributed by atoms with E-state index in [4.69, 9.17) is 14.2 Å². The number of carbonyl (C=O) groups excluding carboxylic acids is 1. The van der Waals surface area contributed by atoms with Crippen LogP contribution in [-0.2, 0) is 10.2 Å². The Hall–Kier alpha value is -3.31. The van der Waals surface area contributed by atoms with Crippen molar-refractivity contribution in [3.63, 3.8) is 0 Å². The second-order valence-electron chi connectivity index (χ2n) is 8.10. The van der Waals surface area contributed by atoms with E-state index in [2.05, 4.69) is 0 Å². The zero-order chi connectivity index (χ0) is 22.6. The molecule has 166 valence electrons. The van der Waals surface area contributed by atoms with Gasteiger partial charge in [0.05, 0.1) is 31.3 Å². The van der Waals surface area contributed by atoms with Crippen LogP contribution in [0.15, 0.2) is 78.9 Å². The average Bonchev–Trinajstić information content (AvgIpc) is 3.25. The number of aliphatic hydroxyl groups is 1. The van der Waals surface area contributed by atoms with Crippen LogP contribution in [0.1, 0.15) is 46.9 Å².